The van der Waals surface area contributed by atoms with E-state index in [0.717, 1.165) is 11.3 Å². The fraction of sp³-hybridized carbons (Fsp3) is 0.0952. The molecule has 2 aromatic carbocycles. The molecule has 146 valence electrons. The molecule has 1 amide bonds. The van der Waals surface area contributed by atoms with Gasteiger partial charge in [-0.15, -0.1) is 10.2 Å². The maximum absolute atomic E-state index is 13.1. The molecule has 2 N–H and O–H groups in total. The molecule has 2 aromatic heterocycles. The Labute approximate surface area is 172 Å². The number of hydrogen-bond donors (Lipinski definition) is 1. The van der Waals surface area contributed by atoms with Crippen LogP contribution in [0.5, 0.6) is 0 Å². The number of nitrogens with zero attached hydrogens (tertiary/aromatic N) is 4. The summed E-state index contributed by atoms with van der Waals surface area (Å²) in [4.78, 5) is 14.8. The number of thioether (sulfide) groups is 1. The quantitative estimate of drug-likeness (QED) is 0.373. The van der Waals surface area contributed by atoms with Crippen LogP contribution >= 0.6 is 11.8 Å². The van der Waals surface area contributed by atoms with Gasteiger partial charge in [0.15, 0.2) is 5.76 Å². The van der Waals surface area contributed by atoms with Crippen LogP contribution in [0.3, 0.4) is 0 Å². The van der Waals surface area contributed by atoms with Crippen LogP contribution in [0, 0.1) is 0 Å². The third-order valence-electron chi connectivity index (χ3n) is 4.28. The highest BCUT2D eigenvalue weighted by Crippen LogP contribution is 2.24. The highest BCUT2D eigenvalue weighted by Gasteiger charge is 2.19. The Morgan fingerprint density at radius 1 is 1.00 bits per heavy atom. The van der Waals surface area contributed by atoms with Gasteiger partial charge >= 0.3 is 0 Å². The molecule has 4 aromatic rings. The summed E-state index contributed by atoms with van der Waals surface area (Å²) >= 11 is 1.24. The molecule has 0 radical (unpaired) electrons. The van der Waals surface area contributed by atoms with Crippen LogP contribution in [0.1, 0.15) is 5.56 Å². The molecule has 0 aliphatic rings. The smallest absolute Gasteiger partial charge is 0.237 e. The fourth-order valence-corrected chi connectivity index (χ4v) is 3.58. The summed E-state index contributed by atoms with van der Waals surface area (Å²) in [5, 5.41) is 8.58. The summed E-state index contributed by atoms with van der Waals surface area (Å²) in [7, 11) is 0. The largest absolute Gasteiger partial charge is 0.461 e. The van der Waals surface area contributed by atoms with Crippen LogP contribution in [-0.4, -0.2) is 26.5 Å². The van der Waals surface area contributed by atoms with E-state index in [4.69, 9.17) is 10.3 Å². The van der Waals surface area contributed by atoms with Gasteiger partial charge in [-0.25, -0.2) is 4.68 Å². The number of carbonyl (C=O) groups excluding carboxylic acids is 1. The first-order chi connectivity index (χ1) is 14.2. The molecule has 2 heterocycles. The van der Waals surface area contributed by atoms with E-state index in [9.17, 15) is 4.79 Å². The second-order valence-electron chi connectivity index (χ2n) is 6.24. The number of benzene rings is 2. The molecule has 0 unspecified atom stereocenters. The molecule has 0 saturated heterocycles. The van der Waals surface area contributed by atoms with Crippen molar-refractivity contribution < 1.29 is 9.21 Å². The number of carbonyl (C=O) groups is 1. The summed E-state index contributed by atoms with van der Waals surface area (Å²) in [6, 6.07) is 23.0. The second-order valence-corrected chi connectivity index (χ2v) is 7.19. The highest BCUT2D eigenvalue weighted by atomic mass is 32.2. The van der Waals surface area contributed by atoms with Crippen molar-refractivity contribution in [3.05, 3.63) is 84.6 Å². The average Bonchev–Trinajstić information content (AvgIpc) is 3.41. The van der Waals surface area contributed by atoms with Gasteiger partial charge in [0, 0.05) is 5.69 Å². The van der Waals surface area contributed by atoms with Gasteiger partial charge in [-0.05, 0) is 29.8 Å². The molecule has 0 atom stereocenters. The van der Waals surface area contributed by atoms with Crippen LogP contribution in [-0.2, 0) is 11.3 Å². The molecule has 0 aliphatic carbocycles. The SMILES string of the molecule is Nn1c(SCC(=O)N(Cc2ccccc2)c2ccccc2)nnc1-c1ccco1. The van der Waals surface area contributed by atoms with Gasteiger partial charge in [-0.3, -0.25) is 4.79 Å². The first kappa shape index (κ1) is 18.8. The zero-order valence-electron chi connectivity index (χ0n) is 15.5. The number of rotatable bonds is 7. The molecule has 0 spiro atoms. The van der Waals surface area contributed by atoms with Crippen LogP contribution in [0.15, 0.2) is 88.6 Å². The maximum Gasteiger partial charge on any atom is 0.237 e. The Hall–Kier alpha value is -3.52. The van der Waals surface area contributed by atoms with Crippen molar-refractivity contribution in [3.63, 3.8) is 0 Å². The van der Waals surface area contributed by atoms with E-state index in [1.807, 2.05) is 60.7 Å². The molecule has 0 fully saturated rings. The molecule has 29 heavy (non-hydrogen) atoms. The Morgan fingerprint density at radius 3 is 2.41 bits per heavy atom. The predicted molar refractivity (Wildman–Crippen MR) is 113 cm³/mol. The Balaban J connectivity index is 1.50. The zero-order chi connectivity index (χ0) is 20.1. The average molecular weight is 405 g/mol. The number of anilines is 1. The van der Waals surface area contributed by atoms with E-state index in [1.165, 1.54) is 16.4 Å². The van der Waals surface area contributed by atoms with E-state index in [-0.39, 0.29) is 11.7 Å². The van der Waals surface area contributed by atoms with E-state index in [1.54, 1.807) is 23.3 Å². The van der Waals surface area contributed by atoms with Crippen molar-refractivity contribution in [2.45, 2.75) is 11.7 Å². The van der Waals surface area contributed by atoms with Crippen molar-refractivity contribution in [2.75, 3.05) is 16.5 Å². The van der Waals surface area contributed by atoms with Crippen LogP contribution in [0.4, 0.5) is 5.69 Å². The summed E-state index contributed by atoms with van der Waals surface area (Å²) in [6.07, 6.45) is 1.54. The standard InChI is InChI=1S/C21H19N5O2S/c22-26-20(18-12-7-13-28-18)23-24-21(26)29-15-19(27)25(17-10-5-2-6-11-17)14-16-8-3-1-4-9-16/h1-13H,14-15,22H2. The summed E-state index contributed by atoms with van der Waals surface area (Å²) in [6.45, 7) is 0.483. The molecule has 0 saturated carbocycles. The highest BCUT2D eigenvalue weighted by molar-refractivity contribution is 7.99. The second kappa shape index (κ2) is 8.66. The van der Waals surface area contributed by atoms with Gasteiger partial charge < -0.3 is 15.2 Å². The van der Waals surface area contributed by atoms with Gasteiger partial charge in [0.25, 0.3) is 0 Å². The fourth-order valence-electron chi connectivity index (χ4n) is 2.85. The lowest BCUT2D eigenvalue weighted by atomic mass is 10.2. The molecule has 0 aliphatic heterocycles. The number of furan rings is 1. The van der Waals surface area contributed by atoms with Gasteiger partial charge in [0.2, 0.25) is 16.9 Å². The first-order valence-corrected chi connectivity index (χ1v) is 9.97. The monoisotopic (exact) mass is 405 g/mol. The third kappa shape index (κ3) is 4.33. The van der Waals surface area contributed by atoms with E-state index >= 15 is 0 Å². The number of hydrogen-bond acceptors (Lipinski definition) is 6. The Kier molecular flexibility index (Phi) is 5.62. The van der Waals surface area contributed by atoms with Crippen molar-refractivity contribution in [2.24, 2.45) is 0 Å². The zero-order valence-corrected chi connectivity index (χ0v) is 16.3. The van der Waals surface area contributed by atoms with Crippen molar-refractivity contribution >= 4 is 23.4 Å². The Morgan fingerprint density at radius 2 is 1.72 bits per heavy atom. The van der Waals surface area contributed by atoms with E-state index < -0.39 is 0 Å². The molecule has 7 nitrogen and oxygen atoms in total. The van der Waals surface area contributed by atoms with Crippen molar-refractivity contribution in [1.82, 2.24) is 14.9 Å². The summed E-state index contributed by atoms with van der Waals surface area (Å²) < 4.78 is 6.65. The lowest BCUT2D eigenvalue weighted by Gasteiger charge is -2.23. The topological polar surface area (TPSA) is 90.2 Å². The van der Waals surface area contributed by atoms with Crippen molar-refractivity contribution in [3.8, 4) is 11.6 Å². The normalized spacial score (nSPS) is 10.8. The van der Waals surface area contributed by atoms with E-state index in [2.05, 4.69) is 10.2 Å². The number of aromatic nitrogens is 3. The third-order valence-corrected chi connectivity index (χ3v) is 5.21. The Bertz CT molecular complexity index is 1070. The first-order valence-electron chi connectivity index (χ1n) is 8.99. The minimum absolute atomic E-state index is 0.0485. The minimum Gasteiger partial charge on any atom is -0.461 e. The van der Waals surface area contributed by atoms with Gasteiger partial charge in [0.1, 0.15) is 0 Å². The maximum atomic E-state index is 13.1. The number of nitrogens with two attached hydrogens (primary N) is 1. The predicted octanol–water partition coefficient (Wildman–Crippen LogP) is 3.58. The number of para-hydroxylation sites is 1. The molecule has 4 rings (SSSR count). The summed E-state index contributed by atoms with van der Waals surface area (Å²) in [5.74, 6) is 7.14. The molecular formula is C21H19N5O2S. The molecular weight excluding hydrogens is 386 g/mol. The van der Waals surface area contributed by atoms with E-state index in [0.29, 0.717) is 23.3 Å². The van der Waals surface area contributed by atoms with Crippen LogP contribution in [0.2, 0.25) is 0 Å². The minimum atomic E-state index is -0.0485. The van der Waals surface area contributed by atoms with Gasteiger partial charge in [-0.2, -0.15) is 0 Å². The van der Waals surface area contributed by atoms with Gasteiger partial charge in [-0.1, -0.05) is 60.3 Å². The van der Waals surface area contributed by atoms with Gasteiger partial charge in [0.05, 0.1) is 18.6 Å². The lowest BCUT2D eigenvalue weighted by molar-refractivity contribution is -0.116. The lowest BCUT2D eigenvalue weighted by Crippen LogP contribution is -2.32. The van der Waals surface area contributed by atoms with Crippen LogP contribution in [0.25, 0.3) is 11.6 Å². The summed E-state index contributed by atoms with van der Waals surface area (Å²) in [5.41, 5.74) is 1.89. The number of nitrogen functional groups attached to an aromatic ring is 1. The number of amides is 1. The van der Waals surface area contributed by atoms with Crippen LogP contribution < -0.4 is 10.7 Å². The molecule has 0 bridgehead atoms. The van der Waals surface area contributed by atoms with Crippen molar-refractivity contribution in [1.29, 1.82) is 0 Å². The molecule has 8 heteroatoms.